The molecule has 1 aromatic heterocycles. The fourth-order valence-electron chi connectivity index (χ4n) is 1.29. The van der Waals surface area contributed by atoms with E-state index in [0.717, 1.165) is 22.8 Å². The Kier molecular flexibility index (Phi) is 4.82. The van der Waals surface area contributed by atoms with Gasteiger partial charge in [-0.1, -0.05) is 20.8 Å². The Balaban J connectivity index is 2.90. The fraction of sp³-hybridized carbons (Fsp3) is 0.500. The summed E-state index contributed by atoms with van der Waals surface area (Å²) >= 11 is 1.79. The van der Waals surface area contributed by atoms with Gasteiger partial charge in [0.1, 0.15) is 0 Å². The number of nitrogens with zero attached hydrogens (tertiary/aromatic N) is 1. The molecule has 0 saturated heterocycles. The average molecular weight is 223 g/mol. The minimum absolute atomic E-state index is 0.0413. The molecule has 0 unspecified atom stereocenters. The number of aromatic nitrogens is 1. The van der Waals surface area contributed by atoms with Crippen molar-refractivity contribution in [2.24, 2.45) is 5.92 Å². The second kappa shape index (κ2) is 5.91. The Morgan fingerprint density at radius 2 is 2.27 bits per heavy atom. The molecule has 0 amide bonds. The van der Waals surface area contributed by atoms with Crippen LogP contribution in [0.2, 0.25) is 0 Å². The number of thioether (sulfide) groups is 1. The smallest absolute Gasteiger partial charge is 0.167 e. The monoisotopic (exact) mass is 223 g/mol. The number of pyridine rings is 1. The van der Waals surface area contributed by atoms with Crippen molar-refractivity contribution < 1.29 is 4.79 Å². The Hall–Kier alpha value is -0.830. The number of ketones is 1. The van der Waals surface area contributed by atoms with Gasteiger partial charge in [-0.25, -0.2) is 0 Å². The van der Waals surface area contributed by atoms with Crippen LogP contribution in [0.4, 0.5) is 0 Å². The number of carbonyl (C=O) groups is 1. The standard InChI is InChI=1S/C12H17NOS/c1-4-15-8-11-10(6-5-7-13-11)12(14)9(2)3/h5-7,9H,4,8H2,1-3H3. The topological polar surface area (TPSA) is 30.0 Å². The van der Waals surface area contributed by atoms with E-state index >= 15 is 0 Å². The minimum atomic E-state index is 0.0413. The SMILES string of the molecule is CCSCc1ncccc1C(=O)C(C)C. The molecule has 0 saturated carbocycles. The van der Waals surface area contributed by atoms with E-state index in [0.29, 0.717) is 0 Å². The Bertz CT molecular complexity index is 336. The first-order valence-corrected chi connectivity index (χ1v) is 6.38. The van der Waals surface area contributed by atoms with Crippen LogP contribution < -0.4 is 0 Å². The van der Waals surface area contributed by atoms with Crippen LogP contribution in [-0.2, 0) is 5.75 Å². The first kappa shape index (κ1) is 12.2. The summed E-state index contributed by atoms with van der Waals surface area (Å²) in [5, 5.41) is 0. The van der Waals surface area contributed by atoms with E-state index in [2.05, 4.69) is 11.9 Å². The highest BCUT2D eigenvalue weighted by molar-refractivity contribution is 7.98. The lowest BCUT2D eigenvalue weighted by Gasteiger charge is -2.08. The van der Waals surface area contributed by atoms with Crippen molar-refractivity contribution in [3.8, 4) is 0 Å². The average Bonchev–Trinajstić information content (AvgIpc) is 2.25. The molecule has 3 heteroatoms. The van der Waals surface area contributed by atoms with Gasteiger partial charge < -0.3 is 0 Å². The first-order chi connectivity index (χ1) is 7.16. The van der Waals surface area contributed by atoms with Crippen molar-refractivity contribution in [2.45, 2.75) is 26.5 Å². The molecular weight excluding hydrogens is 206 g/mol. The van der Waals surface area contributed by atoms with E-state index in [4.69, 9.17) is 0 Å². The summed E-state index contributed by atoms with van der Waals surface area (Å²) in [6.07, 6.45) is 1.75. The van der Waals surface area contributed by atoms with E-state index in [-0.39, 0.29) is 11.7 Å². The van der Waals surface area contributed by atoms with Gasteiger partial charge in [0, 0.05) is 23.4 Å². The molecule has 0 N–H and O–H groups in total. The zero-order valence-corrected chi connectivity index (χ0v) is 10.3. The van der Waals surface area contributed by atoms with Gasteiger partial charge in [-0.3, -0.25) is 9.78 Å². The van der Waals surface area contributed by atoms with Crippen LogP contribution in [0.15, 0.2) is 18.3 Å². The van der Waals surface area contributed by atoms with Gasteiger partial charge in [0.25, 0.3) is 0 Å². The van der Waals surface area contributed by atoms with Gasteiger partial charge in [0.05, 0.1) is 5.69 Å². The van der Waals surface area contributed by atoms with Crippen molar-refractivity contribution in [1.82, 2.24) is 4.98 Å². The summed E-state index contributed by atoms with van der Waals surface area (Å²) in [7, 11) is 0. The molecule has 0 atom stereocenters. The fourth-order valence-corrected chi connectivity index (χ4v) is 1.91. The Morgan fingerprint density at radius 1 is 1.53 bits per heavy atom. The largest absolute Gasteiger partial charge is 0.294 e. The molecule has 1 aromatic rings. The summed E-state index contributed by atoms with van der Waals surface area (Å²) < 4.78 is 0. The molecule has 0 fully saturated rings. The van der Waals surface area contributed by atoms with Crippen LogP contribution in [0, 0.1) is 5.92 Å². The lowest BCUT2D eigenvalue weighted by molar-refractivity contribution is 0.0938. The highest BCUT2D eigenvalue weighted by atomic mass is 32.2. The van der Waals surface area contributed by atoms with Gasteiger partial charge >= 0.3 is 0 Å². The lowest BCUT2D eigenvalue weighted by atomic mass is 10.0. The van der Waals surface area contributed by atoms with E-state index in [1.165, 1.54) is 0 Å². The molecule has 2 nitrogen and oxygen atoms in total. The summed E-state index contributed by atoms with van der Waals surface area (Å²) in [5.41, 5.74) is 1.71. The van der Waals surface area contributed by atoms with Crippen LogP contribution in [0.25, 0.3) is 0 Å². The second-order valence-corrected chi connectivity index (χ2v) is 4.93. The van der Waals surface area contributed by atoms with E-state index < -0.39 is 0 Å². The summed E-state index contributed by atoms with van der Waals surface area (Å²) in [5.74, 6) is 2.10. The van der Waals surface area contributed by atoms with E-state index in [1.54, 1.807) is 18.0 Å². The van der Waals surface area contributed by atoms with E-state index in [9.17, 15) is 4.79 Å². The highest BCUT2D eigenvalue weighted by Crippen LogP contribution is 2.17. The molecule has 0 radical (unpaired) electrons. The van der Waals surface area contributed by atoms with Crippen LogP contribution >= 0.6 is 11.8 Å². The number of Topliss-reactive ketones (excluding diaryl/α,β-unsaturated/α-hetero) is 1. The van der Waals surface area contributed by atoms with Crippen molar-refractivity contribution in [3.05, 3.63) is 29.6 Å². The van der Waals surface area contributed by atoms with Crippen molar-refractivity contribution in [2.75, 3.05) is 5.75 Å². The summed E-state index contributed by atoms with van der Waals surface area (Å²) in [4.78, 5) is 16.2. The quantitative estimate of drug-likeness (QED) is 0.718. The first-order valence-electron chi connectivity index (χ1n) is 5.22. The van der Waals surface area contributed by atoms with Crippen molar-refractivity contribution in [1.29, 1.82) is 0 Å². The third-order valence-electron chi connectivity index (χ3n) is 2.12. The Morgan fingerprint density at radius 3 is 2.87 bits per heavy atom. The molecule has 15 heavy (non-hydrogen) atoms. The number of hydrogen-bond donors (Lipinski definition) is 0. The van der Waals surface area contributed by atoms with Crippen molar-refractivity contribution in [3.63, 3.8) is 0 Å². The molecule has 0 aliphatic heterocycles. The van der Waals surface area contributed by atoms with Crippen LogP contribution in [0.3, 0.4) is 0 Å². The molecule has 0 spiro atoms. The van der Waals surface area contributed by atoms with Gasteiger partial charge in [0.2, 0.25) is 0 Å². The maximum Gasteiger partial charge on any atom is 0.167 e. The number of carbonyl (C=O) groups excluding carboxylic acids is 1. The molecule has 0 aromatic carbocycles. The zero-order chi connectivity index (χ0) is 11.3. The molecule has 0 bridgehead atoms. The van der Waals surface area contributed by atoms with Crippen LogP contribution in [0.1, 0.15) is 36.8 Å². The Labute approximate surface area is 95.5 Å². The van der Waals surface area contributed by atoms with Crippen LogP contribution in [0.5, 0.6) is 0 Å². The molecular formula is C12H17NOS. The predicted molar refractivity (Wildman–Crippen MR) is 65.2 cm³/mol. The lowest BCUT2D eigenvalue weighted by Crippen LogP contribution is -2.11. The van der Waals surface area contributed by atoms with E-state index in [1.807, 2.05) is 26.0 Å². The van der Waals surface area contributed by atoms with Crippen LogP contribution in [-0.4, -0.2) is 16.5 Å². The highest BCUT2D eigenvalue weighted by Gasteiger charge is 2.14. The van der Waals surface area contributed by atoms with Gasteiger partial charge in [-0.2, -0.15) is 11.8 Å². The van der Waals surface area contributed by atoms with Gasteiger partial charge in [-0.15, -0.1) is 0 Å². The predicted octanol–water partition coefficient (Wildman–Crippen LogP) is 3.17. The number of hydrogen-bond acceptors (Lipinski definition) is 3. The van der Waals surface area contributed by atoms with Gasteiger partial charge in [0.15, 0.2) is 5.78 Å². The molecule has 0 aliphatic carbocycles. The maximum atomic E-state index is 11.9. The molecule has 0 aliphatic rings. The zero-order valence-electron chi connectivity index (χ0n) is 9.49. The molecule has 1 heterocycles. The molecule has 82 valence electrons. The number of rotatable bonds is 5. The minimum Gasteiger partial charge on any atom is -0.294 e. The second-order valence-electron chi connectivity index (χ2n) is 3.65. The third kappa shape index (κ3) is 3.34. The summed E-state index contributed by atoms with van der Waals surface area (Å²) in [6.45, 7) is 5.95. The maximum absolute atomic E-state index is 11.9. The molecule has 1 rings (SSSR count). The normalized spacial score (nSPS) is 10.7. The summed E-state index contributed by atoms with van der Waals surface area (Å²) in [6, 6.07) is 3.70. The third-order valence-corrected chi connectivity index (χ3v) is 3.01. The van der Waals surface area contributed by atoms with Gasteiger partial charge in [-0.05, 0) is 17.9 Å². The van der Waals surface area contributed by atoms with Crippen molar-refractivity contribution >= 4 is 17.5 Å².